The van der Waals surface area contributed by atoms with Crippen molar-refractivity contribution in [2.75, 3.05) is 18.1 Å². The van der Waals surface area contributed by atoms with Gasteiger partial charge in [0.1, 0.15) is 17.2 Å². The Morgan fingerprint density at radius 2 is 2.00 bits per heavy atom. The zero-order valence-electron chi connectivity index (χ0n) is 18.3. The number of ether oxygens (including phenoxy) is 1. The molecule has 0 amide bonds. The second kappa shape index (κ2) is 9.52. The summed E-state index contributed by atoms with van der Waals surface area (Å²) >= 11 is 12.8. The van der Waals surface area contributed by atoms with Crippen LogP contribution in [0.15, 0.2) is 59.8 Å². The maximum absolute atomic E-state index is 13.0. The van der Waals surface area contributed by atoms with Gasteiger partial charge in [-0.05, 0) is 49.2 Å². The molecular weight excluding hydrogens is 493 g/mol. The molecule has 0 unspecified atom stereocenters. The average molecular weight is 512 g/mol. The van der Waals surface area contributed by atoms with Gasteiger partial charge in [0.2, 0.25) is 11.3 Å². The third-order valence-corrected chi connectivity index (χ3v) is 6.52. The zero-order chi connectivity index (χ0) is 24.5. The number of halogens is 2. The highest BCUT2D eigenvalue weighted by atomic mass is 35.5. The first-order valence-corrected chi connectivity index (χ1v) is 11.6. The molecule has 3 aromatic heterocycles. The van der Waals surface area contributed by atoms with Crippen molar-refractivity contribution < 1.29 is 14.6 Å². The largest absolute Gasteiger partial charge is 0.477 e. The molecule has 1 aliphatic rings. The lowest BCUT2D eigenvalue weighted by molar-refractivity contribution is 0.0695. The van der Waals surface area contributed by atoms with Crippen molar-refractivity contribution >= 4 is 45.8 Å². The number of carbonyl (C=O) groups is 1. The summed E-state index contributed by atoms with van der Waals surface area (Å²) in [7, 11) is 0. The van der Waals surface area contributed by atoms with E-state index >= 15 is 0 Å². The molecule has 1 atom stereocenters. The first-order valence-electron chi connectivity index (χ1n) is 10.8. The number of benzene rings is 1. The lowest BCUT2D eigenvalue weighted by Gasteiger charge is -2.28. The number of anilines is 1. The first-order chi connectivity index (χ1) is 16.9. The van der Waals surface area contributed by atoms with Gasteiger partial charge in [0.15, 0.2) is 5.82 Å². The summed E-state index contributed by atoms with van der Waals surface area (Å²) < 4.78 is 7.43. The van der Waals surface area contributed by atoms with Gasteiger partial charge in [-0.3, -0.25) is 9.36 Å². The topological polar surface area (TPSA) is 110 Å². The molecule has 1 aliphatic heterocycles. The molecular formula is C24H19Cl2N5O4. The number of fused-ring (bicyclic) bond motifs is 1. The van der Waals surface area contributed by atoms with E-state index in [-0.39, 0.29) is 17.0 Å². The Balaban J connectivity index is 1.58. The predicted molar refractivity (Wildman–Crippen MR) is 132 cm³/mol. The molecule has 0 bridgehead atoms. The molecule has 0 radical (unpaired) electrons. The molecule has 0 spiro atoms. The molecule has 178 valence electrons. The minimum atomic E-state index is -1.33. The molecule has 35 heavy (non-hydrogen) atoms. The minimum absolute atomic E-state index is 0.00185. The molecule has 0 aliphatic carbocycles. The number of aromatic nitrogens is 4. The summed E-state index contributed by atoms with van der Waals surface area (Å²) in [5.41, 5.74) is 0.176. The molecule has 1 saturated heterocycles. The molecule has 1 aromatic carbocycles. The molecule has 0 saturated carbocycles. The Kier molecular flexibility index (Phi) is 6.27. The lowest BCUT2D eigenvalue weighted by atomic mass is 10.1. The van der Waals surface area contributed by atoms with Crippen molar-refractivity contribution in [1.82, 2.24) is 19.7 Å². The molecule has 9 nitrogen and oxygen atoms in total. The van der Waals surface area contributed by atoms with Crippen LogP contribution in [0.2, 0.25) is 10.0 Å². The molecule has 1 N–H and O–H groups in total. The van der Waals surface area contributed by atoms with E-state index in [1.807, 2.05) is 0 Å². The van der Waals surface area contributed by atoms with Gasteiger partial charge >= 0.3 is 5.97 Å². The van der Waals surface area contributed by atoms with Crippen LogP contribution in [0.25, 0.3) is 16.7 Å². The number of rotatable bonds is 6. The van der Waals surface area contributed by atoms with Crippen molar-refractivity contribution in [3.05, 3.63) is 80.8 Å². The van der Waals surface area contributed by atoms with Crippen LogP contribution in [0.4, 0.5) is 5.69 Å². The van der Waals surface area contributed by atoms with Gasteiger partial charge in [-0.1, -0.05) is 23.2 Å². The van der Waals surface area contributed by atoms with Gasteiger partial charge in [0.25, 0.3) is 0 Å². The van der Waals surface area contributed by atoms with E-state index < -0.39 is 11.4 Å². The van der Waals surface area contributed by atoms with E-state index in [1.54, 1.807) is 41.1 Å². The third kappa shape index (κ3) is 4.40. The fourth-order valence-corrected chi connectivity index (χ4v) is 4.75. The van der Waals surface area contributed by atoms with Crippen LogP contribution in [0.1, 0.15) is 23.2 Å². The molecule has 4 heterocycles. The number of pyridine rings is 2. The van der Waals surface area contributed by atoms with E-state index in [2.05, 4.69) is 20.1 Å². The fourth-order valence-electron chi connectivity index (χ4n) is 4.30. The first kappa shape index (κ1) is 23.1. The standard InChI is InChI=1S/C24H19Cl2N5O4/c25-17-5-1-7-27-23(17)35-13-14-4-3-9-30(14)20-11-19-15(10-18(20)26)22(32)16(24(33)34)12-31(19)21-6-2-8-28-29-21/h1-2,5-8,10-12,14H,3-4,9,13H2,(H,33,34)/t14-/m1/s1. The SMILES string of the molecule is O=C(O)c1cn(-c2cccnn2)c2cc(N3CCC[C@@H]3COc3ncccc3Cl)c(Cl)cc2c1=O. The van der Waals surface area contributed by atoms with Crippen molar-refractivity contribution in [3.63, 3.8) is 0 Å². The highest BCUT2D eigenvalue weighted by Crippen LogP contribution is 2.35. The smallest absolute Gasteiger partial charge is 0.341 e. The second-order valence-corrected chi connectivity index (χ2v) is 8.85. The average Bonchev–Trinajstić information content (AvgIpc) is 3.32. The van der Waals surface area contributed by atoms with Gasteiger partial charge in [-0.25, -0.2) is 9.78 Å². The molecule has 4 aromatic rings. The van der Waals surface area contributed by atoms with E-state index in [0.29, 0.717) is 39.6 Å². The van der Waals surface area contributed by atoms with E-state index in [4.69, 9.17) is 27.9 Å². The summed E-state index contributed by atoms with van der Waals surface area (Å²) in [6.45, 7) is 1.08. The number of hydrogen-bond donors (Lipinski definition) is 1. The zero-order valence-corrected chi connectivity index (χ0v) is 19.8. The lowest BCUT2D eigenvalue weighted by Crippen LogP contribution is -2.34. The van der Waals surface area contributed by atoms with Crippen LogP contribution >= 0.6 is 23.2 Å². The number of nitrogens with zero attached hydrogens (tertiary/aromatic N) is 5. The van der Waals surface area contributed by atoms with Crippen molar-refractivity contribution in [2.45, 2.75) is 18.9 Å². The van der Waals surface area contributed by atoms with Crippen LogP contribution in [0.5, 0.6) is 5.88 Å². The normalized spacial score (nSPS) is 15.5. The maximum atomic E-state index is 13.0. The van der Waals surface area contributed by atoms with Gasteiger partial charge in [-0.15, -0.1) is 5.10 Å². The highest BCUT2D eigenvalue weighted by molar-refractivity contribution is 6.34. The summed E-state index contributed by atoms with van der Waals surface area (Å²) in [6, 6.07) is 10.1. The fraction of sp³-hybridized carbons (Fsp3) is 0.208. The van der Waals surface area contributed by atoms with Crippen LogP contribution in [-0.4, -0.2) is 50.0 Å². The van der Waals surface area contributed by atoms with Crippen molar-refractivity contribution in [1.29, 1.82) is 0 Å². The molecule has 1 fully saturated rings. The Hall–Kier alpha value is -3.69. The Morgan fingerprint density at radius 1 is 1.17 bits per heavy atom. The van der Waals surface area contributed by atoms with E-state index in [0.717, 1.165) is 19.4 Å². The molecule has 11 heteroatoms. The van der Waals surface area contributed by atoms with Crippen molar-refractivity contribution in [2.24, 2.45) is 0 Å². The third-order valence-electron chi connectivity index (χ3n) is 5.93. The number of carboxylic acid groups (broad SMARTS) is 1. The summed E-state index contributed by atoms with van der Waals surface area (Å²) in [6.07, 6.45) is 6.19. The monoisotopic (exact) mass is 511 g/mol. The molecule has 5 rings (SSSR count). The number of carboxylic acids is 1. The van der Waals surface area contributed by atoms with Gasteiger partial charge in [-0.2, -0.15) is 5.10 Å². The van der Waals surface area contributed by atoms with Crippen LogP contribution < -0.4 is 15.1 Å². The van der Waals surface area contributed by atoms with Crippen LogP contribution in [0.3, 0.4) is 0 Å². The van der Waals surface area contributed by atoms with Gasteiger partial charge in [0.05, 0.1) is 22.3 Å². The van der Waals surface area contributed by atoms with Crippen molar-refractivity contribution in [3.8, 4) is 11.7 Å². The second-order valence-electron chi connectivity index (χ2n) is 8.04. The van der Waals surface area contributed by atoms with E-state index in [1.165, 1.54) is 18.5 Å². The highest BCUT2D eigenvalue weighted by Gasteiger charge is 2.28. The van der Waals surface area contributed by atoms with Gasteiger partial charge in [0, 0.05) is 30.5 Å². The maximum Gasteiger partial charge on any atom is 0.341 e. The Bertz CT molecular complexity index is 1480. The Labute approximate surface area is 209 Å². The summed E-state index contributed by atoms with van der Waals surface area (Å²) in [5.74, 6) is -0.595. The van der Waals surface area contributed by atoms with Crippen LogP contribution in [-0.2, 0) is 0 Å². The summed E-state index contributed by atoms with van der Waals surface area (Å²) in [4.78, 5) is 31.0. The van der Waals surface area contributed by atoms with E-state index in [9.17, 15) is 14.7 Å². The Morgan fingerprint density at radius 3 is 2.74 bits per heavy atom. The number of hydrogen-bond acceptors (Lipinski definition) is 7. The minimum Gasteiger partial charge on any atom is -0.477 e. The number of aromatic carboxylic acids is 1. The van der Waals surface area contributed by atoms with Crippen LogP contribution in [0, 0.1) is 0 Å². The quantitative estimate of drug-likeness (QED) is 0.409. The van der Waals surface area contributed by atoms with Gasteiger partial charge < -0.3 is 14.7 Å². The predicted octanol–water partition coefficient (Wildman–Crippen LogP) is 4.23. The summed E-state index contributed by atoms with van der Waals surface area (Å²) in [5, 5.41) is 18.5.